The molecule has 1 heterocycles. The van der Waals surface area contributed by atoms with E-state index < -0.39 is 17.0 Å². The first-order valence-corrected chi connectivity index (χ1v) is 14.8. The van der Waals surface area contributed by atoms with Crippen LogP contribution in [0.3, 0.4) is 0 Å². The largest absolute Gasteiger partial charge is 0.353 e. The van der Waals surface area contributed by atoms with Crippen molar-refractivity contribution in [1.82, 2.24) is 20.4 Å². The van der Waals surface area contributed by atoms with Crippen LogP contribution < -0.4 is 10.6 Å². The van der Waals surface area contributed by atoms with Gasteiger partial charge in [-0.25, -0.2) is 4.79 Å². The van der Waals surface area contributed by atoms with Crippen LogP contribution in [0.25, 0.3) is 0 Å². The van der Waals surface area contributed by atoms with Crippen molar-refractivity contribution in [3.63, 3.8) is 0 Å². The lowest BCUT2D eigenvalue weighted by atomic mass is 10.0. The normalized spacial score (nSPS) is 14.2. The highest BCUT2D eigenvalue weighted by molar-refractivity contribution is 8.13. The van der Waals surface area contributed by atoms with Gasteiger partial charge in [-0.2, -0.15) is 0 Å². The Labute approximate surface area is 240 Å². The molecule has 11 heteroatoms. The molecule has 1 aliphatic heterocycles. The number of rotatable bonds is 14. The second-order valence-electron chi connectivity index (χ2n) is 9.89. The smallest absolute Gasteiger partial charge is 0.318 e. The number of amides is 3. The predicted octanol–water partition coefficient (Wildman–Crippen LogP) is 3.64. The SMILES string of the molecule is CC(=O)SCCN(CCc1ccccc1)C(=O)NC(Cc1ccc([N+](=O)[O-])cc1)C(=O)NCCN1CCCCC1. The highest BCUT2D eigenvalue weighted by atomic mass is 32.2. The van der Waals surface area contributed by atoms with E-state index in [0.717, 1.165) is 49.8 Å². The van der Waals surface area contributed by atoms with Crippen molar-refractivity contribution in [2.75, 3.05) is 45.0 Å². The number of carbonyl (C=O) groups excluding carboxylic acids is 3. The van der Waals surface area contributed by atoms with Crippen molar-refractivity contribution in [3.8, 4) is 0 Å². The standard InChI is InChI=1S/C29H39N5O5S/c1-23(35)40-21-20-33(18-14-24-8-4-2-5-9-24)29(37)31-27(22-25-10-12-26(13-11-25)34(38)39)28(36)30-15-19-32-16-6-3-7-17-32/h2,4-5,8-13,27H,3,6-7,14-22H2,1H3,(H,30,36)(H,31,37). The third kappa shape index (κ3) is 11.0. The summed E-state index contributed by atoms with van der Waals surface area (Å²) in [7, 11) is 0. The number of hydrogen-bond donors (Lipinski definition) is 2. The Morgan fingerprint density at radius 1 is 1.00 bits per heavy atom. The first kappa shape index (κ1) is 31.1. The summed E-state index contributed by atoms with van der Waals surface area (Å²) in [6, 6.07) is 14.6. The number of nitrogens with one attached hydrogen (secondary N) is 2. The Hall–Kier alpha value is -3.44. The lowest BCUT2D eigenvalue weighted by Crippen LogP contribution is -2.53. The lowest BCUT2D eigenvalue weighted by Gasteiger charge is -2.28. The highest BCUT2D eigenvalue weighted by Crippen LogP contribution is 2.14. The molecule has 1 aliphatic rings. The molecule has 1 unspecified atom stereocenters. The lowest BCUT2D eigenvalue weighted by molar-refractivity contribution is -0.384. The first-order valence-electron chi connectivity index (χ1n) is 13.8. The van der Waals surface area contributed by atoms with E-state index in [1.165, 1.54) is 25.5 Å². The van der Waals surface area contributed by atoms with Gasteiger partial charge in [0.1, 0.15) is 6.04 Å². The average Bonchev–Trinajstić information content (AvgIpc) is 2.95. The molecule has 216 valence electrons. The zero-order valence-electron chi connectivity index (χ0n) is 23.0. The fourth-order valence-corrected chi connectivity index (χ4v) is 5.20. The molecule has 0 radical (unpaired) electrons. The van der Waals surface area contributed by atoms with Crippen LogP contribution in [0.2, 0.25) is 0 Å². The number of urea groups is 1. The summed E-state index contributed by atoms with van der Waals surface area (Å²) in [6.45, 7) is 5.53. The van der Waals surface area contributed by atoms with Crippen LogP contribution in [0, 0.1) is 10.1 Å². The second-order valence-corrected chi connectivity index (χ2v) is 11.2. The number of benzene rings is 2. The van der Waals surface area contributed by atoms with E-state index in [0.29, 0.717) is 37.4 Å². The molecule has 0 aliphatic carbocycles. The Bertz CT molecular complexity index is 1110. The maximum absolute atomic E-state index is 13.5. The topological polar surface area (TPSA) is 125 Å². The van der Waals surface area contributed by atoms with Crippen LogP contribution in [0.5, 0.6) is 0 Å². The zero-order chi connectivity index (χ0) is 28.7. The molecule has 2 aromatic rings. The number of nitrogens with zero attached hydrogens (tertiary/aromatic N) is 3. The van der Waals surface area contributed by atoms with E-state index in [2.05, 4.69) is 15.5 Å². The molecule has 1 atom stereocenters. The van der Waals surface area contributed by atoms with Gasteiger partial charge in [0.15, 0.2) is 5.12 Å². The molecule has 2 N–H and O–H groups in total. The molecule has 40 heavy (non-hydrogen) atoms. The number of carbonyl (C=O) groups is 3. The molecule has 0 spiro atoms. The molecule has 0 saturated carbocycles. The number of thioether (sulfide) groups is 1. The maximum atomic E-state index is 13.5. The summed E-state index contributed by atoms with van der Waals surface area (Å²) in [5, 5.41) is 16.9. The minimum atomic E-state index is -0.866. The first-order chi connectivity index (χ1) is 19.3. The Kier molecular flexibility index (Phi) is 12.9. The van der Waals surface area contributed by atoms with Crippen LogP contribution in [0.1, 0.15) is 37.3 Å². The van der Waals surface area contributed by atoms with Gasteiger partial charge in [0.2, 0.25) is 5.91 Å². The molecular formula is C29H39N5O5S. The van der Waals surface area contributed by atoms with E-state index in [1.54, 1.807) is 17.0 Å². The van der Waals surface area contributed by atoms with Gasteiger partial charge < -0.3 is 20.4 Å². The van der Waals surface area contributed by atoms with Crippen LogP contribution in [-0.4, -0.2) is 82.8 Å². The molecule has 0 bridgehead atoms. The van der Waals surface area contributed by atoms with E-state index >= 15 is 0 Å². The summed E-state index contributed by atoms with van der Waals surface area (Å²) in [5.41, 5.74) is 1.74. The van der Waals surface area contributed by atoms with Crippen molar-refractivity contribution in [1.29, 1.82) is 0 Å². The molecular weight excluding hydrogens is 530 g/mol. The summed E-state index contributed by atoms with van der Waals surface area (Å²) >= 11 is 1.16. The van der Waals surface area contributed by atoms with Crippen molar-refractivity contribution in [2.45, 2.75) is 45.1 Å². The third-order valence-corrected chi connectivity index (χ3v) is 7.64. The minimum absolute atomic E-state index is 0.0208. The van der Waals surface area contributed by atoms with Crippen LogP contribution in [0.15, 0.2) is 54.6 Å². The predicted molar refractivity (Wildman–Crippen MR) is 157 cm³/mol. The van der Waals surface area contributed by atoms with Gasteiger partial charge in [0, 0.05) is 57.4 Å². The summed E-state index contributed by atoms with van der Waals surface area (Å²) in [6.07, 6.45) is 4.38. The second kappa shape index (κ2) is 16.6. The van der Waals surface area contributed by atoms with Crippen molar-refractivity contribution in [2.24, 2.45) is 0 Å². The van der Waals surface area contributed by atoms with Gasteiger partial charge >= 0.3 is 6.03 Å². The molecule has 0 aromatic heterocycles. The number of likely N-dealkylation sites (tertiary alicyclic amines) is 1. The van der Waals surface area contributed by atoms with Gasteiger partial charge in [-0.05, 0) is 43.5 Å². The Balaban J connectivity index is 1.68. The molecule has 10 nitrogen and oxygen atoms in total. The number of hydrogen-bond acceptors (Lipinski definition) is 7. The van der Waals surface area contributed by atoms with E-state index in [4.69, 9.17) is 0 Å². The average molecular weight is 570 g/mol. The monoisotopic (exact) mass is 569 g/mol. The minimum Gasteiger partial charge on any atom is -0.353 e. The molecule has 3 amide bonds. The van der Waals surface area contributed by atoms with E-state index in [-0.39, 0.29) is 23.1 Å². The van der Waals surface area contributed by atoms with Crippen molar-refractivity contribution >= 4 is 34.5 Å². The van der Waals surface area contributed by atoms with Crippen LogP contribution >= 0.6 is 11.8 Å². The van der Waals surface area contributed by atoms with Crippen LogP contribution in [-0.2, 0) is 22.4 Å². The maximum Gasteiger partial charge on any atom is 0.318 e. The van der Waals surface area contributed by atoms with E-state index in [1.807, 2.05) is 30.3 Å². The number of nitro groups is 1. The van der Waals surface area contributed by atoms with Gasteiger partial charge in [0.25, 0.3) is 5.69 Å². The quantitative estimate of drug-likeness (QED) is 0.263. The third-order valence-electron chi connectivity index (χ3n) is 6.84. The van der Waals surface area contributed by atoms with Crippen molar-refractivity contribution < 1.29 is 19.3 Å². The van der Waals surface area contributed by atoms with Crippen LogP contribution in [0.4, 0.5) is 10.5 Å². The van der Waals surface area contributed by atoms with Gasteiger partial charge in [-0.1, -0.05) is 60.6 Å². The molecule has 1 fully saturated rings. The molecule has 3 rings (SSSR count). The molecule has 2 aromatic carbocycles. The number of nitro benzene ring substituents is 1. The number of piperidine rings is 1. The highest BCUT2D eigenvalue weighted by Gasteiger charge is 2.25. The molecule has 1 saturated heterocycles. The summed E-state index contributed by atoms with van der Waals surface area (Å²) < 4.78 is 0. The Morgan fingerprint density at radius 2 is 1.70 bits per heavy atom. The van der Waals surface area contributed by atoms with Gasteiger partial charge in [-0.3, -0.25) is 19.7 Å². The van der Waals surface area contributed by atoms with Gasteiger partial charge in [0.05, 0.1) is 4.92 Å². The van der Waals surface area contributed by atoms with E-state index in [9.17, 15) is 24.5 Å². The number of non-ortho nitro benzene ring substituents is 1. The summed E-state index contributed by atoms with van der Waals surface area (Å²) in [4.78, 5) is 52.8. The zero-order valence-corrected chi connectivity index (χ0v) is 23.9. The Morgan fingerprint density at radius 3 is 2.35 bits per heavy atom. The fourth-order valence-electron chi connectivity index (χ4n) is 4.61. The van der Waals surface area contributed by atoms with Crippen molar-refractivity contribution in [3.05, 3.63) is 75.8 Å². The summed E-state index contributed by atoms with van der Waals surface area (Å²) in [5.74, 6) is 0.150. The van der Waals surface area contributed by atoms with Gasteiger partial charge in [-0.15, -0.1) is 0 Å². The fraction of sp³-hybridized carbons (Fsp3) is 0.483.